The van der Waals surface area contributed by atoms with Crippen molar-refractivity contribution in [3.8, 4) is 0 Å². The minimum absolute atomic E-state index is 0.937. The van der Waals surface area contributed by atoms with Gasteiger partial charge in [-0.25, -0.2) is 0 Å². The molecule has 0 radical (unpaired) electrons. The summed E-state index contributed by atoms with van der Waals surface area (Å²) in [7, 11) is 0. The maximum atomic E-state index is 3.61. The van der Waals surface area contributed by atoms with Crippen LogP contribution in [0.5, 0.6) is 0 Å². The highest BCUT2D eigenvalue weighted by Crippen LogP contribution is 2.16. The molecule has 0 atom stereocenters. The molecule has 1 heterocycles. The van der Waals surface area contributed by atoms with Gasteiger partial charge in [0, 0.05) is 6.54 Å². The van der Waals surface area contributed by atoms with Gasteiger partial charge >= 0.3 is 0 Å². The predicted octanol–water partition coefficient (Wildman–Crippen LogP) is 3.82. The van der Waals surface area contributed by atoms with Gasteiger partial charge in [-0.3, -0.25) is 0 Å². The average Bonchev–Trinajstić information content (AvgIpc) is 2.46. The first-order chi connectivity index (χ1) is 10.1. The van der Waals surface area contributed by atoms with E-state index in [1.54, 1.807) is 0 Å². The molecule has 1 fully saturated rings. The molecule has 21 heavy (non-hydrogen) atoms. The molecule has 0 aliphatic carbocycles. The first-order valence-electron chi connectivity index (χ1n) is 8.56. The Hall–Kier alpha value is -0.860. The Morgan fingerprint density at radius 3 is 2.43 bits per heavy atom. The molecule has 0 saturated carbocycles. The number of rotatable bonds is 6. The molecule has 2 heteroatoms. The van der Waals surface area contributed by atoms with Gasteiger partial charge in [0.2, 0.25) is 0 Å². The van der Waals surface area contributed by atoms with Crippen molar-refractivity contribution in [2.24, 2.45) is 5.92 Å². The molecule has 1 aliphatic heterocycles. The van der Waals surface area contributed by atoms with Crippen LogP contribution in [0.4, 0.5) is 0 Å². The molecule has 0 aromatic heterocycles. The molecule has 1 N–H and O–H groups in total. The Balaban J connectivity index is 1.65. The van der Waals surface area contributed by atoms with E-state index in [1.807, 2.05) is 0 Å². The maximum Gasteiger partial charge on any atom is 0.0208 e. The number of benzene rings is 1. The molecule has 1 saturated heterocycles. The molecule has 0 unspecified atom stereocenters. The van der Waals surface area contributed by atoms with Gasteiger partial charge in [-0.05, 0) is 94.4 Å². The van der Waals surface area contributed by atoms with Gasteiger partial charge in [0.05, 0.1) is 0 Å². The minimum atomic E-state index is 0.937. The van der Waals surface area contributed by atoms with Gasteiger partial charge in [0.1, 0.15) is 0 Å². The molecule has 1 aromatic carbocycles. The zero-order valence-corrected chi connectivity index (χ0v) is 14.3. The summed E-state index contributed by atoms with van der Waals surface area (Å²) in [6.07, 6.45) is 4.03. The molecule has 0 bridgehead atoms. The molecule has 2 nitrogen and oxygen atoms in total. The fraction of sp³-hybridized carbons (Fsp3) is 0.684. The van der Waals surface area contributed by atoms with Crippen LogP contribution >= 0.6 is 0 Å². The topological polar surface area (TPSA) is 15.3 Å². The normalized spacial score (nSPS) is 17.3. The highest BCUT2D eigenvalue weighted by Gasteiger charge is 2.14. The van der Waals surface area contributed by atoms with Gasteiger partial charge < -0.3 is 10.2 Å². The van der Waals surface area contributed by atoms with Crippen molar-refractivity contribution < 1.29 is 0 Å². The van der Waals surface area contributed by atoms with Gasteiger partial charge in [0.15, 0.2) is 0 Å². The van der Waals surface area contributed by atoms with Crippen LogP contribution in [-0.4, -0.2) is 31.1 Å². The first-order valence-corrected chi connectivity index (χ1v) is 8.56. The van der Waals surface area contributed by atoms with E-state index in [9.17, 15) is 0 Å². The smallest absolute Gasteiger partial charge is 0.0208 e. The second-order valence-electron chi connectivity index (χ2n) is 6.92. The number of hydrogen-bond donors (Lipinski definition) is 1. The number of nitrogens with zero attached hydrogens (tertiary/aromatic N) is 1. The fourth-order valence-electron chi connectivity index (χ4n) is 3.15. The van der Waals surface area contributed by atoms with Crippen LogP contribution in [0.25, 0.3) is 0 Å². The maximum absolute atomic E-state index is 3.61. The summed E-state index contributed by atoms with van der Waals surface area (Å²) in [6.45, 7) is 15.0. The highest BCUT2D eigenvalue weighted by atomic mass is 15.1. The van der Waals surface area contributed by atoms with Crippen LogP contribution in [0, 0.1) is 26.7 Å². The lowest BCUT2D eigenvalue weighted by Crippen LogP contribution is -2.34. The Morgan fingerprint density at radius 1 is 1.05 bits per heavy atom. The molecule has 1 aromatic rings. The lowest BCUT2D eigenvalue weighted by atomic mass is 9.99. The molecule has 0 spiro atoms. The first kappa shape index (κ1) is 16.5. The monoisotopic (exact) mass is 288 g/mol. The van der Waals surface area contributed by atoms with E-state index in [0.717, 1.165) is 19.0 Å². The van der Waals surface area contributed by atoms with E-state index < -0.39 is 0 Å². The van der Waals surface area contributed by atoms with Crippen LogP contribution in [0.3, 0.4) is 0 Å². The zero-order valence-electron chi connectivity index (χ0n) is 14.3. The molecular weight excluding hydrogens is 256 g/mol. The second kappa shape index (κ2) is 7.95. The van der Waals surface area contributed by atoms with Gasteiger partial charge in [0.25, 0.3) is 0 Å². The van der Waals surface area contributed by atoms with E-state index >= 15 is 0 Å². The summed E-state index contributed by atoms with van der Waals surface area (Å²) < 4.78 is 0. The third-order valence-corrected chi connectivity index (χ3v) is 4.97. The van der Waals surface area contributed by atoms with Crippen LogP contribution in [0.1, 0.15) is 48.4 Å². The summed E-state index contributed by atoms with van der Waals surface area (Å²) in [5.41, 5.74) is 5.66. The second-order valence-corrected chi connectivity index (χ2v) is 6.92. The minimum Gasteiger partial charge on any atom is -0.313 e. The molecule has 1 aliphatic rings. The van der Waals surface area contributed by atoms with Crippen molar-refractivity contribution in [2.75, 3.05) is 26.2 Å². The average molecular weight is 288 g/mol. The molecular formula is C19H32N2. The van der Waals surface area contributed by atoms with E-state index in [1.165, 1.54) is 61.2 Å². The van der Waals surface area contributed by atoms with E-state index in [2.05, 4.69) is 50.0 Å². The highest BCUT2D eigenvalue weighted by molar-refractivity contribution is 5.36. The van der Waals surface area contributed by atoms with Crippen molar-refractivity contribution >= 4 is 0 Å². The number of hydrogen-bond acceptors (Lipinski definition) is 2. The van der Waals surface area contributed by atoms with Crippen molar-refractivity contribution in [3.05, 3.63) is 34.4 Å². The summed E-state index contributed by atoms with van der Waals surface area (Å²) in [6, 6.07) is 4.64. The van der Waals surface area contributed by atoms with Gasteiger partial charge in [-0.2, -0.15) is 0 Å². The quantitative estimate of drug-likeness (QED) is 0.801. The zero-order chi connectivity index (χ0) is 15.2. The Bertz CT molecular complexity index is 445. The number of aryl methyl sites for hydroxylation is 3. The van der Waals surface area contributed by atoms with Crippen molar-refractivity contribution in [3.63, 3.8) is 0 Å². The van der Waals surface area contributed by atoms with Gasteiger partial charge in [-0.1, -0.05) is 19.1 Å². The summed E-state index contributed by atoms with van der Waals surface area (Å²) in [5.74, 6) is 0.937. The number of piperidine rings is 1. The Kier molecular flexibility index (Phi) is 6.25. The third-order valence-electron chi connectivity index (χ3n) is 4.97. The summed E-state index contributed by atoms with van der Waals surface area (Å²) >= 11 is 0. The van der Waals surface area contributed by atoms with E-state index in [4.69, 9.17) is 0 Å². The van der Waals surface area contributed by atoms with Crippen LogP contribution in [0.15, 0.2) is 12.1 Å². The van der Waals surface area contributed by atoms with Crippen LogP contribution in [-0.2, 0) is 6.54 Å². The summed E-state index contributed by atoms with van der Waals surface area (Å²) in [5, 5.41) is 3.61. The van der Waals surface area contributed by atoms with Crippen molar-refractivity contribution in [1.82, 2.24) is 10.2 Å². The van der Waals surface area contributed by atoms with Crippen LogP contribution < -0.4 is 5.32 Å². The fourth-order valence-corrected chi connectivity index (χ4v) is 3.15. The number of likely N-dealkylation sites (tertiary alicyclic amines) is 1. The van der Waals surface area contributed by atoms with Gasteiger partial charge in [-0.15, -0.1) is 0 Å². The standard InChI is InChI=1S/C19H32N2/c1-15-6-10-21(11-7-15)9-5-8-20-14-19-13-17(3)16(2)12-18(19)4/h12-13,15,20H,5-11,14H2,1-4H3. The molecule has 0 amide bonds. The van der Waals surface area contributed by atoms with Crippen molar-refractivity contribution in [1.29, 1.82) is 0 Å². The third kappa shape index (κ3) is 5.12. The lowest BCUT2D eigenvalue weighted by Gasteiger charge is -2.30. The van der Waals surface area contributed by atoms with Crippen LogP contribution in [0.2, 0.25) is 0 Å². The molecule has 2 rings (SSSR count). The number of nitrogens with one attached hydrogen (secondary N) is 1. The van der Waals surface area contributed by atoms with E-state index in [0.29, 0.717) is 0 Å². The Morgan fingerprint density at radius 2 is 1.71 bits per heavy atom. The van der Waals surface area contributed by atoms with Crippen molar-refractivity contribution in [2.45, 2.75) is 53.5 Å². The summed E-state index contributed by atoms with van der Waals surface area (Å²) in [4.78, 5) is 2.63. The molecule has 118 valence electrons. The largest absolute Gasteiger partial charge is 0.313 e. The predicted molar refractivity (Wildman–Crippen MR) is 91.8 cm³/mol. The lowest BCUT2D eigenvalue weighted by molar-refractivity contribution is 0.190. The SMILES string of the molecule is Cc1cc(C)c(CNCCCN2CCC(C)CC2)cc1C. The Labute approximate surface area is 130 Å². The van der Waals surface area contributed by atoms with E-state index in [-0.39, 0.29) is 0 Å².